The van der Waals surface area contributed by atoms with Crippen molar-refractivity contribution in [3.8, 4) is 0 Å². The van der Waals surface area contributed by atoms with E-state index in [-0.39, 0.29) is 18.4 Å². The van der Waals surface area contributed by atoms with E-state index in [9.17, 15) is 9.59 Å². The van der Waals surface area contributed by atoms with E-state index >= 15 is 0 Å². The Hall–Kier alpha value is -2.62. The zero-order valence-electron chi connectivity index (χ0n) is 13.5. The molecular weight excluding hydrogens is 300 g/mol. The van der Waals surface area contributed by atoms with Gasteiger partial charge in [-0.3, -0.25) is 9.59 Å². The Morgan fingerprint density at radius 2 is 1.62 bits per heavy atom. The fourth-order valence-corrected chi connectivity index (χ4v) is 4.03. The highest BCUT2D eigenvalue weighted by Gasteiger charge is 2.46. The van der Waals surface area contributed by atoms with Crippen molar-refractivity contribution in [3.05, 3.63) is 60.2 Å². The summed E-state index contributed by atoms with van der Waals surface area (Å²) in [6, 6.07) is 17.5. The molecule has 1 fully saturated rings. The van der Waals surface area contributed by atoms with Gasteiger partial charge in [0.15, 0.2) is 0 Å². The van der Waals surface area contributed by atoms with Gasteiger partial charge in [0.1, 0.15) is 6.54 Å². The van der Waals surface area contributed by atoms with Gasteiger partial charge < -0.3 is 10.2 Å². The van der Waals surface area contributed by atoms with Crippen LogP contribution in [0.1, 0.15) is 31.2 Å². The summed E-state index contributed by atoms with van der Waals surface area (Å²) in [6.45, 7) is 0.0877. The van der Waals surface area contributed by atoms with E-state index in [0.29, 0.717) is 5.69 Å². The fraction of sp³-hybridized carbons (Fsp3) is 0.300. The smallest absolute Gasteiger partial charge is 0.244 e. The number of fused-ring (bicyclic) bond motifs is 1. The van der Waals surface area contributed by atoms with Gasteiger partial charge in [-0.1, -0.05) is 55.3 Å². The molecule has 1 aliphatic heterocycles. The summed E-state index contributed by atoms with van der Waals surface area (Å²) in [5.41, 5.74) is 2.06. The highest BCUT2D eigenvalue weighted by Crippen LogP contribution is 2.44. The molecule has 2 aliphatic rings. The first-order valence-corrected chi connectivity index (χ1v) is 8.47. The molecule has 0 spiro atoms. The third-order valence-electron chi connectivity index (χ3n) is 5.21. The van der Waals surface area contributed by atoms with Crippen molar-refractivity contribution >= 4 is 23.2 Å². The minimum Gasteiger partial charge on any atom is -0.323 e. The fourth-order valence-electron chi connectivity index (χ4n) is 4.03. The Morgan fingerprint density at radius 3 is 2.38 bits per heavy atom. The Balaban J connectivity index is 1.78. The number of amides is 2. The van der Waals surface area contributed by atoms with E-state index in [1.165, 1.54) is 0 Å². The van der Waals surface area contributed by atoms with Gasteiger partial charge in [-0.25, -0.2) is 0 Å². The molecule has 0 radical (unpaired) electrons. The van der Waals surface area contributed by atoms with Crippen LogP contribution in [0.25, 0.3) is 0 Å². The van der Waals surface area contributed by atoms with E-state index in [1.54, 1.807) is 4.90 Å². The molecule has 2 aromatic rings. The van der Waals surface area contributed by atoms with E-state index < -0.39 is 5.41 Å². The predicted molar refractivity (Wildman–Crippen MR) is 94.0 cm³/mol. The first-order valence-electron chi connectivity index (χ1n) is 8.47. The number of carbonyl (C=O) groups excluding carboxylic acids is 2. The van der Waals surface area contributed by atoms with Crippen LogP contribution in [-0.2, 0) is 15.0 Å². The first kappa shape index (κ1) is 14.9. The van der Waals surface area contributed by atoms with Crippen molar-refractivity contribution < 1.29 is 9.59 Å². The molecule has 2 amide bonds. The summed E-state index contributed by atoms with van der Waals surface area (Å²) in [7, 11) is 0. The van der Waals surface area contributed by atoms with Crippen LogP contribution in [0, 0.1) is 0 Å². The van der Waals surface area contributed by atoms with Crippen LogP contribution >= 0.6 is 0 Å². The van der Waals surface area contributed by atoms with Gasteiger partial charge in [0.05, 0.1) is 16.8 Å². The largest absolute Gasteiger partial charge is 0.323 e. The number of rotatable bonds is 2. The summed E-state index contributed by atoms with van der Waals surface area (Å²) in [5, 5.41) is 2.85. The van der Waals surface area contributed by atoms with Crippen molar-refractivity contribution in [1.29, 1.82) is 0 Å². The number of benzene rings is 2. The second-order valence-corrected chi connectivity index (χ2v) is 6.61. The zero-order valence-corrected chi connectivity index (χ0v) is 13.5. The van der Waals surface area contributed by atoms with Gasteiger partial charge in [0.25, 0.3) is 0 Å². The van der Waals surface area contributed by atoms with E-state index in [0.717, 1.165) is 36.9 Å². The van der Waals surface area contributed by atoms with Gasteiger partial charge in [-0.05, 0) is 30.5 Å². The van der Waals surface area contributed by atoms with E-state index in [2.05, 4.69) is 5.32 Å². The number of anilines is 2. The lowest BCUT2D eigenvalue weighted by atomic mass is 9.77. The number of carbonyl (C=O) groups is 2. The lowest BCUT2D eigenvalue weighted by molar-refractivity contribution is -0.126. The molecule has 1 aliphatic carbocycles. The Labute approximate surface area is 141 Å². The Kier molecular flexibility index (Phi) is 3.60. The molecule has 24 heavy (non-hydrogen) atoms. The van der Waals surface area contributed by atoms with E-state index in [4.69, 9.17) is 0 Å². The van der Waals surface area contributed by atoms with Crippen LogP contribution in [0.2, 0.25) is 0 Å². The van der Waals surface area contributed by atoms with Gasteiger partial charge in [-0.2, -0.15) is 0 Å². The average molecular weight is 320 g/mol. The van der Waals surface area contributed by atoms with Crippen molar-refractivity contribution in [2.45, 2.75) is 31.1 Å². The van der Waals surface area contributed by atoms with Gasteiger partial charge in [0, 0.05) is 0 Å². The zero-order chi connectivity index (χ0) is 16.6. The molecule has 1 saturated carbocycles. The summed E-state index contributed by atoms with van der Waals surface area (Å²) in [5.74, 6) is -0.0863. The molecule has 0 atom stereocenters. The highest BCUT2D eigenvalue weighted by atomic mass is 16.2. The number of hydrogen-bond acceptors (Lipinski definition) is 2. The lowest BCUT2D eigenvalue weighted by Crippen LogP contribution is -2.50. The number of para-hydroxylation sites is 2. The van der Waals surface area contributed by atoms with Crippen molar-refractivity contribution in [2.24, 2.45) is 0 Å². The second-order valence-electron chi connectivity index (χ2n) is 6.61. The molecule has 0 aromatic heterocycles. The van der Waals surface area contributed by atoms with Gasteiger partial charge in [-0.15, -0.1) is 0 Å². The summed E-state index contributed by atoms with van der Waals surface area (Å²) >= 11 is 0. The normalized spacial score (nSPS) is 18.8. The Morgan fingerprint density at radius 1 is 0.958 bits per heavy atom. The average Bonchev–Trinajstić information content (AvgIpc) is 3.12. The first-order chi connectivity index (χ1) is 11.7. The molecule has 122 valence electrons. The maximum absolute atomic E-state index is 13.6. The second kappa shape index (κ2) is 5.78. The molecule has 0 bridgehead atoms. The number of nitrogens with zero attached hydrogens (tertiary/aromatic N) is 1. The molecule has 0 unspecified atom stereocenters. The van der Waals surface area contributed by atoms with Crippen LogP contribution in [-0.4, -0.2) is 18.4 Å². The van der Waals surface area contributed by atoms with Crippen molar-refractivity contribution in [1.82, 2.24) is 0 Å². The molecule has 0 saturated heterocycles. The molecule has 1 N–H and O–H groups in total. The quantitative estimate of drug-likeness (QED) is 0.921. The standard InChI is InChI=1S/C20H20N2O2/c23-18-14-22(17-11-5-4-10-16(17)21-18)19(24)20(12-6-7-13-20)15-8-2-1-3-9-15/h1-5,8-11H,6-7,12-14H2,(H,21,23). The Bertz CT molecular complexity index is 779. The van der Waals surface area contributed by atoms with Crippen LogP contribution in [0.3, 0.4) is 0 Å². The molecule has 4 nitrogen and oxygen atoms in total. The highest BCUT2D eigenvalue weighted by molar-refractivity contribution is 6.12. The van der Waals surface area contributed by atoms with Crippen LogP contribution in [0.15, 0.2) is 54.6 Å². The minimum absolute atomic E-state index is 0.0495. The van der Waals surface area contributed by atoms with Crippen molar-refractivity contribution in [2.75, 3.05) is 16.8 Å². The molecule has 4 rings (SSSR count). The van der Waals surface area contributed by atoms with Crippen LogP contribution in [0.4, 0.5) is 11.4 Å². The summed E-state index contributed by atoms with van der Waals surface area (Å²) < 4.78 is 0. The predicted octanol–water partition coefficient (Wildman–Crippen LogP) is 3.48. The van der Waals surface area contributed by atoms with Crippen LogP contribution < -0.4 is 10.2 Å². The monoisotopic (exact) mass is 320 g/mol. The molecule has 2 aromatic carbocycles. The van der Waals surface area contributed by atoms with Gasteiger partial charge in [0.2, 0.25) is 11.8 Å². The molecule has 1 heterocycles. The topological polar surface area (TPSA) is 49.4 Å². The number of hydrogen-bond donors (Lipinski definition) is 1. The maximum atomic E-state index is 13.6. The third kappa shape index (κ3) is 2.30. The minimum atomic E-state index is -0.508. The summed E-state index contributed by atoms with van der Waals surface area (Å²) in [4.78, 5) is 27.3. The third-order valence-corrected chi connectivity index (χ3v) is 5.21. The summed E-state index contributed by atoms with van der Waals surface area (Å²) in [6.07, 6.45) is 3.77. The molecular formula is C20H20N2O2. The van der Waals surface area contributed by atoms with Crippen LogP contribution in [0.5, 0.6) is 0 Å². The van der Waals surface area contributed by atoms with Gasteiger partial charge >= 0.3 is 0 Å². The number of nitrogens with one attached hydrogen (secondary N) is 1. The molecule has 4 heteroatoms. The van der Waals surface area contributed by atoms with Crippen molar-refractivity contribution in [3.63, 3.8) is 0 Å². The lowest BCUT2D eigenvalue weighted by Gasteiger charge is -2.37. The van der Waals surface area contributed by atoms with E-state index in [1.807, 2.05) is 54.6 Å². The SMILES string of the molecule is O=C1CN(C(=O)C2(c3ccccc3)CCCC2)c2ccccc2N1. The maximum Gasteiger partial charge on any atom is 0.244 e.